The molecule has 0 spiro atoms. The van der Waals surface area contributed by atoms with Crippen LogP contribution < -0.4 is 5.32 Å². The van der Waals surface area contributed by atoms with Crippen LogP contribution >= 0.6 is 0 Å². The van der Waals surface area contributed by atoms with Crippen molar-refractivity contribution in [1.82, 2.24) is 10.2 Å². The SMILES string of the molecule is CCC1(C)CCN(C2CC(C(C)(C)C)CCC2NC)CC1. The summed E-state index contributed by atoms with van der Waals surface area (Å²) in [6.45, 7) is 14.8. The predicted molar refractivity (Wildman–Crippen MR) is 92.6 cm³/mol. The molecule has 21 heavy (non-hydrogen) atoms. The van der Waals surface area contributed by atoms with Crippen LogP contribution in [-0.2, 0) is 0 Å². The van der Waals surface area contributed by atoms with E-state index < -0.39 is 0 Å². The molecular formula is C19H38N2. The molecule has 3 atom stereocenters. The molecular weight excluding hydrogens is 256 g/mol. The second-order valence-corrected chi connectivity index (χ2v) is 9.04. The van der Waals surface area contributed by atoms with E-state index in [9.17, 15) is 0 Å². The Morgan fingerprint density at radius 1 is 1.14 bits per heavy atom. The van der Waals surface area contributed by atoms with Gasteiger partial charge in [-0.2, -0.15) is 0 Å². The van der Waals surface area contributed by atoms with Gasteiger partial charge in [0.15, 0.2) is 0 Å². The Morgan fingerprint density at radius 3 is 2.24 bits per heavy atom. The lowest BCUT2D eigenvalue weighted by atomic mass is 9.68. The molecule has 0 bridgehead atoms. The molecule has 1 N–H and O–H groups in total. The molecule has 1 saturated carbocycles. The number of nitrogens with one attached hydrogen (secondary N) is 1. The lowest BCUT2D eigenvalue weighted by Gasteiger charge is -2.49. The maximum atomic E-state index is 3.62. The van der Waals surface area contributed by atoms with Crippen LogP contribution in [0.2, 0.25) is 0 Å². The topological polar surface area (TPSA) is 15.3 Å². The molecule has 0 radical (unpaired) electrons. The third-order valence-corrected chi connectivity index (χ3v) is 6.74. The first-order chi connectivity index (χ1) is 9.79. The summed E-state index contributed by atoms with van der Waals surface area (Å²) in [5.74, 6) is 0.881. The number of piperidine rings is 1. The third kappa shape index (κ3) is 4.01. The zero-order valence-electron chi connectivity index (χ0n) is 15.3. The van der Waals surface area contributed by atoms with E-state index in [2.05, 4.69) is 51.9 Å². The zero-order valence-corrected chi connectivity index (χ0v) is 15.3. The molecule has 2 aliphatic rings. The minimum atomic E-state index is 0.463. The average molecular weight is 295 g/mol. The summed E-state index contributed by atoms with van der Waals surface area (Å²) in [4.78, 5) is 2.82. The first-order valence-electron chi connectivity index (χ1n) is 9.20. The summed E-state index contributed by atoms with van der Waals surface area (Å²) < 4.78 is 0. The number of likely N-dealkylation sites (N-methyl/N-ethyl adjacent to an activating group) is 1. The molecule has 2 rings (SSSR count). The third-order valence-electron chi connectivity index (χ3n) is 6.74. The van der Waals surface area contributed by atoms with Crippen molar-refractivity contribution in [3.05, 3.63) is 0 Å². The van der Waals surface area contributed by atoms with Crippen LogP contribution in [0.4, 0.5) is 0 Å². The predicted octanol–water partition coefficient (Wildman–Crippen LogP) is 4.30. The van der Waals surface area contributed by atoms with E-state index in [1.807, 2.05) is 0 Å². The number of hydrogen-bond donors (Lipinski definition) is 1. The van der Waals surface area contributed by atoms with Gasteiger partial charge in [0.05, 0.1) is 0 Å². The molecule has 0 aromatic rings. The lowest BCUT2D eigenvalue weighted by Crippen LogP contribution is -2.56. The van der Waals surface area contributed by atoms with Crippen molar-refractivity contribution in [2.24, 2.45) is 16.7 Å². The molecule has 2 fully saturated rings. The number of hydrogen-bond acceptors (Lipinski definition) is 2. The fraction of sp³-hybridized carbons (Fsp3) is 1.00. The Hall–Kier alpha value is -0.0800. The van der Waals surface area contributed by atoms with Crippen molar-refractivity contribution in [2.45, 2.75) is 85.2 Å². The Morgan fingerprint density at radius 2 is 1.76 bits per heavy atom. The van der Waals surface area contributed by atoms with Crippen LogP contribution in [0.3, 0.4) is 0 Å². The standard InChI is InChI=1S/C19H38N2/c1-7-19(5)10-12-21(13-11-19)17-14-15(18(2,3)4)8-9-16(17)20-6/h15-17,20H,7-14H2,1-6H3. The van der Waals surface area contributed by atoms with E-state index in [0.717, 1.165) is 12.0 Å². The summed E-state index contributed by atoms with van der Waals surface area (Å²) >= 11 is 0. The van der Waals surface area contributed by atoms with Crippen LogP contribution in [0.25, 0.3) is 0 Å². The second-order valence-electron chi connectivity index (χ2n) is 9.04. The molecule has 0 amide bonds. The summed E-state index contributed by atoms with van der Waals surface area (Å²) in [6.07, 6.45) is 8.24. The van der Waals surface area contributed by atoms with Crippen molar-refractivity contribution < 1.29 is 0 Å². The molecule has 3 unspecified atom stereocenters. The van der Waals surface area contributed by atoms with E-state index in [-0.39, 0.29) is 0 Å². The monoisotopic (exact) mass is 294 g/mol. The van der Waals surface area contributed by atoms with Gasteiger partial charge in [-0.05, 0) is 69.0 Å². The zero-order chi connectivity index (χ0) is 15.7. The van der Waals surface area contributed by atoms with E-state index in [0.29, 0.717) is 16.9 Å². The van der Waals surface area contributed by atoms with E-state index in [1.54, 1.807) is 0 Å². The summed E-state index contributed by atoms with van der Waals surface area (Å²) in [7, 11) is 2.16. The van der Waals surface area contributed by atoms with Gasteiger partial charge in [-0.1, -0.05) is 41.0 Å². The Bertz CT molecular complexity index is 323. The van der Waals surface area contributed by atoms with Crippen molar-refractivity contribution in [2.75, 3.05) is 20.1 Å². The molecule has 1 aliphatic heterocycles. The van der Waals surface area contributed by atoms with Gasteiger partial charge < -0.3 is 5.32 Å². The van der Waals surface area contributed by atoms with Crippen molar-refractivity contribution in [3.63, 3.8) is 0 Å². The summed E-state index contributed by atoms with van der Waals surface area (Å²) in [5.41, 5.74) is 1.06. The van der Waals surface area contributed by atoms with Gasteiger partial charge in [0, 0.05) is 12.1 Å². The van der Waals surface area contributed by atoms with Crippen molar-refractivity contribution in [3.8, 4) is 0 Å². The average Bonchev–Trinajstić information content (AvgIpc) is 2.46. The smallest absolute Gasteiger partial charge is 0.0252 e. The van der Waals surface area contributed by atoms with Crippen LogP contribution in [-0.4, -0.2) is 37.1 Å². The van der Waals surface area contributed by atoms with Crippen LogP contribution in [0, 0.1) is 16.7 Å². The molecule has 1 saturated heterocycles. The maximum absolute atomic E-state index is 3.62. The Labute approximate surface area is 133 Å². The van der Waals surface area contributed by atoms with Gasteiger partial charge >= 0.3 is 0 Å². The fourth-order valence-electron chi connectivity index (χ4n) is 4.42. The molecule has 2 nitrogen and oxygen atoms in total. The number of nitrogens with zero attached hydrogens (tertiary/aromatic N) is 1. The molecule has 0 aromatic carbocycles. The molecule has 1 heterocycles. The highest BCUT2D eigenvalue weighted by Gasteiger charge is 2.40. The van der Waals surface area contributed by atoms with Gasteiger partial charge in [0.2, 0.25) is 0 Å². The summed E-state index contributed by atoms with van der Waals surface area (Å²) in [5, 5.41) is 3.62. The minimum absolute atomic E-state index is 0.463. The van der Waals surface area contributed by atoms with Gasteiger partial charge in [-0.25, -0.2) is 0 Å². The van der Waals surface area contributed by atoms with Gasteiger partial charge in [-0.15, -0.1) is 0 Å². The molecule has 2 heteroatoms. The maximum Gasteiger partial charge on any atom is 0.0252 e. The fourth-order valence-corrected chi connectivity index (χ4v) is 4.42. The van der Waals surface area contributed by atoms with Crippen LogP contribution in [0.15, 0.2) is 0 Å². The van der Waals surface area contributed by atoms with E-state index in [1.165, 1.54) is 51.6 Å². The Kier molecular flexibility index (Phi) is 5.41. The van der Waals surface area contributed by atoms with E-state index in [4.69, 9.17) is 0 Å². The number of rotatable bonds is 3. The van der Waals surface area contributed by atoms with Gasteiger partial charge in [0.25, 0.3) is 0 Å². The molecule has 124 valence electrons. The van der Waals surface area contributed by atoms with Gasteiger partial charge in [-0.3, -0.25) is 4.90 Å². The number of likely N-dealkylation sites (tertiary alicyclic amines) is 1. The Balaban J connectivity index is 2.01. The first kappa shape index (κ1) is 17.3. The highest BCUT2D eigenvalue weighted by molar-refractivity contribution is 4.96. The highest BCUT2D eigenvalue weighted by atomic mass is 15.2. The quantitative estimate of drug-likeness (QED) is 0.835. The minimum Gasteiger partial charge on any atom is -0.315 e. The first-order valence-corrected chi connectivity index (χ1v) is 9.20. The summed E-state index contributed by atoms with van der Waals surface area (Å²) in [6, 6.07) is 1.46. The van der Waals surface area contributed by atoms with Gasteiger partial charge in [0.1, 0.15) is 0 Å². The largest absolute Gasteiger partial charge is 0.315 e. The lowest BCUT2D eigenvalue weighted by molar-refractivity contribution is 0.0202. The highest BCUT2D eigenvalue weighted by Crippen LogP contribution is 2.41. The second kappa shape index (κ2) is 6.58. The van der Waals surface area contributed by atoms with Crippen molar-refractivity contribution >= 4 is 0 Å². The van der Waals surface area contributed by atoms with E-state index >= 15 is 0 Å². The van der Waals surface area contributed by atoms with Crippen molar-refractivity contribution in [1.29, 1.82) is 0 Å². The normalized spacial score (nSPS) is 34.9. The van der Waals surface area contributed by atoms with Crippen LogP contribution in [0.5, 0.6) is 0 Å². The molecule has 1 aliphatic carbocycles. The molecule has 0 aromatic heterocycles. The van der Waals surface area contributed by atoms with Crippen LogP contribution in [0.1, 0.15) is 73.1 Å².